The van der Waals surface area contributed by atoms with Crippen LogP contribution in [0, 0.1) is 29.1 Å². The molecule has 27 heavy (non-hydrogen) atoms. The fourth-order valence-corrected chi connectivity index (χ4v) is 6.14. The Hall–Kier alpha value is -1.14. The van der Waals surface area contributed by atoms with Crippen molar-refractivity contribution in [2.45, 2.75) is 32.1 Å². The van der Waals surface area contributed by atoms with Crippen molar-refractivity contribution >= 4 is 11.8 Å². The number of fused-ring (bicyclic) bond motifs is 1. The van der Waals surface area contributed by atoms with E-state index in [9.17, 15) is 9.59 Å². The highest BCUT2D eigenvalue weighted by atomic mass is 16.5. The van der Waals surface area contributed by atoms with Crippen LogP contribution in [0.25, 0.3) is 0 Å². The van der Waals surface area contributed by atoms with Crippen molar-refractivity contribution in [3.63, 3.8) is 0 Å². The second-order valence-electron chi connectivity index (χ2n) is 9.78. The summed E-state index contributed by atoms with van der Waals surface area (Å²) in [7, 11) is 2.18. The molecule has 150 valence electrons. The van der Waals surface area contributed by atoms with E-state index in [1.165, 1.54) is 12.8 Å². The molecule has 4 heterocycles. The molecule has 1 spiro atoms. The Morgan fingerprint density at radius 1 is 1.11 bits per heavy atom. The van der Waals surface area contributed by atoms with Crippen LogP contribution in [0.5, 0.6) is 0 Å². The summed E-state index contributed by atoms with van der Waals surface area (Å²) in [6.45, 7) is 7.10. The fourth-order valence-electron chi connectivity index (χ4n) is 6.14. The Morgan fingerprint density at radius 3 is 2.59 bits per heavy atom. The zero-order chi connectivity index (χ0) is 18.6. The quantitative estimate of drug-likeness (QED) is 0.740. The molecule has 0 aromatic heterocycles. The molecular weight excluding hydrogens is 342 g/mol. The molecule has 1 unspecified atom stereocenters. The highest BCUT2D eigenvalue weighted by molar-refractivity contribution is 5.87. The van der Waals surface area contributed by atoms with Gasteiger partial charge >= 0.3 is 0 Å². The van der Waals surface area contributed by atoms with Crippen molar-refractivity contribution in [3.8, 4) is 0 Å². The monoisotopic (exact) mass is 375 g/mol. The first-order valence-electron chi connectivity index (χ1n) is 10.9. The minimum absolute atomic E-state index is 0.181. The van der Waals surface area contributed by atoms with Gasteiger partial charge in [0, 0.05) is 32.1 Å². The largest absolute Gasteiger partial charge is 0.381 e. The standard InChI is InChI=1S/C21H33N3O3/c1-22-8-3-15(4-9-22)11-23-10-6-21(20(23)26)5-2-7-24(14-21)19(25)18-16-12-27-13-17(16)18/h15-18H,2-14H2,1H3/t16-,17+,18?,21-/m0/s1. The van der Waals surface area contributed by atoms with Gasteiger partial charge < -0.3 is 19.4 Å². The molecule has 4 atom stereocenters. The molecular formula is C21H33N3O3. The Balaban J connectivity index is 1.21. The third-order valence-electron chi connectivity index (χ3n) is 8.04. The maximum atomic E-state index is 13.3. The molecule has 5 fully saturated rings. The maximum absolute atomic E-state index is 13.3. The Bertz CT molecular complexity index is 608. The topological polar surface area (TPSA) is 53.1 Å². The van der Waals surface area contributed by atoms with Crippen LogP contribution in [0.2, 0.25) is 0 Å². The number of nitrogens with zero attached hydrogens (tertiary/aromatic N) is 3. The van der Waals surface area contributed by atoms with Gasteiger partial charge in [0.15, 0.2) is 0 Å². The number of hydrogen-bond acceptors (Lipinski definition) is 4. The lowest BCUT2D eigenvalue weighted by Gasteiger charge is -2.40. The molecule has 0 aromatic rings. The molecule has 1 saturated carbocycles. The van der Waals surface area contributed by atoms with E-state index in [-0.39, 0.29) is 11.3 Å². The predicted octanol–water partition coefficient (Wildman–Crippen LogP) is 1.06. The van der Waals surface area contributed by atoms with Crippen molar-refractivity contribution < 1.29 is 14.3 Å². The number of carbonyl (C=O) groups excluding carboxylic acids is 2. The van der Waals surface area contributed by atoms with Crippen LogP contribution in [0.4, 0.5) is 0 Å². The summed E-state index contributed by atoms with van der Waals surface area (Å²) in [4.78, 5) is 32.9. The molecule has 0 N–H and O–H groups in total. The van der Waals surface area contributed by atoms with Crippen LogP contribution in [0.1, 0.15) is 32.1 Å². The smallest absolute Gasteiger partial charge is 0.230 e. The number of hydrogen-bond donors (Lipinski definition) is 0. The number of likely N-dealkylation sites (tertiary alicyclic amines) is 3. The number of amides is 2. The molecule has 5 rings (SSSR count). The van der Waals surface area contributed by atoms with Gasteiger partial charge in [0.2, 0.25) is 11.8 Å². The van der Waals surface area contributed by atoms with Gasteiger partial charge in [-0.2, -0.15) is 0 Å². The second kappa shape index (κ2) is 6.73. The number of carbonyl (C=O) groups is 2. The first-order valence-corrected chi connectivity index (χ1v) is 10.9. The molecule has 6 heteroatoms. The lowest BCUT2D eigenvalue weighted by Crippen LogP contribution is -2.51. The number of ether oxygens (including phenoxy) is 1. The minimum atomic E-state index is -0.292. The van der Waals surface area contributed by atoms with E-state index in [0.717, 1.165) is 65.2 Å². The summed E-state index contributed by atoms with van der Waals surface area (Å²) in [6.07, 6.45) is 5.26. The normalized spacial score (nSPS) is 40.0. The van der Waals surface area contributed by atoms with E-state index in [4.69, 9.17) is 4.74 Å². The van der Waals surface area contributed by atoms with Crippen LogP contribution < -0.4 is 0 Å². The first-order chi connectivity index (χ1) is 13.1. The zero-order valence-corrected chi connectivity index (χ0v) is 16.6. The van der Waals surface area contributed by atoms with Gasteiger partial charge in [-0.25, -0.2) is 0 Å². The minimum Gasteiger partial charge on any atom is -0.381 e. The zero-order valence-electron chi connectivity index (χ0n) is 16.6. The molecule has 0 aromatic carbocycles. The predicted molar refractivity (Wildman–Crippen MR) is 101 cm³/mol. The number of piperidine rings is 2. The fraction of sp³-hybridized carbons (Fsp3) is 0.905. The molecule has 5 aliphatic rings. The lowest BCUT2D eigenvalue weighted by atomic mass is 9.78. The van der Waals surface area contributed by atoms with Gasteiger partial charge in [0.1, 0.15) is 0 Å². The maximum Gasteiger partial charge on any atom is 0.230 e. The summed E-state index contributed by atoms with van der Waals surface area (Å²) < 4.78 is 5.44. The van der Waals surface area contributed by atoms with Gasteiger partial charge in [-0.1, -0.05) is 0 Å². The van der Waals surface area contributed by atoms with E-state index in [2.05, 4.69) is 16.8 Å². The summed E-state index contributed by atoms with van der Waals surface area (Å²) in [5.74, 6) is 2.37. The molecule has 4 aliphatic heterocycles. The van der Waals surface area contributed by atoms with Gasteiger partial charge in [-0.15, -0.1) is 0 Å². The van der Waals surface area contributed by atoms with E-state index in [1.807, 2.05) is 4.90 Å². The van der Waals surface area contributed by atoms with Crippen LogP contribution in [0.3, 0.4) is 0 Å². The summed E-state index contributed by atoms with van der Waals surface area (Å²) in [5.41, 5.74) is -0.292. The molecule has 2 amide bonds. The van der Waals surface area contributed by atoms with Crippen molar-refractivity contribution in [2.75, 3.05) is 59.5 Å². The molecule has 0 bridgehead atoms. The van der Waals surface area contributed by atoms with Gasteiger partial charge in [-0.05, 0) is 70.0 Å². The van der Waals surface area contributed by atoms with Gasteiger partial charge in [0.25, 0.3) is 0 Å². The van der Waals surface area contributed by atoms with Crippen LogP contribution in [0.15, 0.2) is 0 Å². The van der Waals surface area contributed by atoms with Crippen LogP contribution in [-0.2, 0) is 14.3 Å². The van der Waals surface area contributed by atoms with Crippen molar-refractivity contribution in [2.24, 2.45) is 29.1 Å². The van der Waals surface area contributed by atoms with Crippen LogP contribution >= 0.6 is 0 Å². The summed E-state index contributed by atoms with van der Waals surface area (Å²) >= 11 is 0. The molecule has 6 nitrogen and oxygen atoms in total. The molecule has 1 aliphatic carbocycles. The first kappa shape index (κ1) is 17.9. The highest BCUT2D eigenvalue weighted by Gasteiger charge is 2.60. The van der Waals surface area contributed by atoms with Gasteiger partial charge in [0.05, 0.1) is 18.6 Å². The average Bonchev–Trinajstić information content (AvgIpc) is 3.00. The van der Waals surface area contributed by atoms with E-state index in [0.29, 0.717) is 36.1 Å². The Kier molecular flexibility index (Phi) is 4.47. The number of rotatable bonds is 3. The highest BCUT2D eigenvalue weighted by Crippen LogP contribution is 2.52. The molecule has 0 radical (unpaired) electrons. The Labute approximate surface area is 162 Å². The third kappa shape index (κ3) is 3.09. The van der Waals surface area contributed by atoms with E-state index >= 15 is 0 Å². The van der Waals surface area contributed by atoms with E-state index in [1.54, 1.807) is 0 Å². The van der Waals surface area contributed by atoms with Gasteiger partial charge in [-0.3, -0.25) is 9.59 Å². The molecule has 4 saturated heterocycles. The third-order valence-corrected chi connectivity index (χ3v) is 8.04. The Morgan fingerprint density at radius 2 is 1.85 bits per heavy atom. The second-order valence-corrected chi connectivity index (χ2v) is 9.78. The summed E-state index contributed by atoms with van der Waals surface area (Å²) in [6, 6.07) is 0. The van der Waals surface area contributed by atoms with Crippen LogP contribution in [-0.4, -0.2) is 86.0 Å². The SMILES string of the molecule is CN1CCC(CN2CC[C@]3(CCCN(C(=O)C4[C@H]5COC[C@@H]45)C3)C2=O)CC1. The van der Waals surface area contributed by atoms with Crippen molar-refractivity contribution in [3.05, 3.63) is 0 Å². The van der Waals surface area contributed by atoms with E-state index < -0.39 is 0 Å². The van der Waals surface area contributed by atoms with Crippen molar-refractivity contribution in [1.82, 2.24) is 14.7 Å². The lowest BCUT2D eigenvalue weighted by molar-refractivity contribution is -0.145. The van der Waals surface area contributed by atoms with Crippen molar-refractivity contribution in [1.29, 1.82) is 0 Å². The average molecular weight is 376 g/mol. The summed E-state index contributed by atoms with van der Waals surface area (Å²) in [5, 5.41) is 0.